The third-order valence-corrected chi connectivity index (χ3v) is 3.53. The molecule has 1 amide bonds. The molecule has 19 heavy (non-hydrogen) atoms. The molecule has 3 N–H and O–H groups in total. The first kappa shape index (κ1) is 13.6. The number of halogens is 4. The number of nitrogens with two attached hydrogens (primary N) is 1. The average molecular weight is 292 g/mol. The molecule has 0 aliphatic rings. The number of carbonyl (C=O) groups excluding carboxylic acids is 1. The van der Waals surface area contributed by atoms with Crippen molar-refractivity contribution in [2.45, 2.75) is 6.18 Å². The number of anilines is 1. The number of carbonyl (C=O) groups is 1. The molecule has 0 aliphatic carbocycles. The van der Waals surface area contributed by atoms with Crippen LogP contribution in [0, 0.1) is 5.82 Å². The maximum atomic E-state index is 13.0. The number of nitrogens with one attached hydrogen (secondary N) is 1. The van der Waals surface area contributed by atoms with Gasteiger partial charge in [0, 0.05) is 10.1 Å². The van der Waals surface area contributed by atoms with E-state index in [9.17, 15) is 22.4 Å². The fourth-order valence-electron chi connectivity index (χ4n) is 1.52. The number of fused-ring (bicyclic) bond motifs is 1. The molecule has 1 heterocycles. The van der Waals surface area contributed by atoms with E-state index < -0.39 is 24.4 Å². The maximum Gasteiger partial charge on any atom is 0.405 e. The lowest BCUT2D eigenvalue weighted by molar-refractivity contribution is -0.123. The first-order chi connectivity index (χ1) is 8.78. The number of rotatable bonds is 2. The number of hydrogen-bond donors (Lipinski definition) is 2. The molecule has 3 nitrogen and oxygen atoms in total. The van der Waals surface area contributed by atoms with Gasteiger partial charge in [0.05, 0.1) is 5.69 Å². The monoisotopic (exact) mass is 292 g/mol. The smallest absolute Gasteiger partial charge is 0.397 e. The van der Waals surface area contributed by atoms with Crippen LogP contribution in [0.3, 0.4) is 0 Å². The molecule has 0 radical (unpaired) electrons. The standard InChI is InChI=1S/C11H8F4N2OS/c12-5-1-2-7-6(3-5)8(16)9(19-7)10(18)17-4-11(13,14)15/h1-3H,4,16H2,(H,17,18). The Kier molecular flexibility index (Phi) is 3.36. The second-order valence-corrected chi connectivity index (χ2v) is 4.84. The maximum absolute atomic E-state index is 13.0. The van der Waals surface area contributed by atoms with Crippen molar-refractivity contribution in [2.24, 2.45) is 0 Å². The summed E-state index contributed by atoms with van der Waals surface area (Å²) in [5, 5.41) is 2.05. The fourth-order valence-corrected chi connectivity index (χ4v) is 2.54. The molecule has 0 saturated carbocycles. The highest BCUT2D eigenvalue weighted by atomic mass is 32.1. The van der Waals surface area contributed by atoms with Crippen molar-refractivity contribution < 1.29 is 22.4 Å². The van der Waals surface area contributed by atoms with Crippen LogP contribution in [-0.2, 0) is 0 Å². The highest BCUT2D eigenvalue weighted by molar-refractivity contribution is 7.21. The van der Waals surface area contributed by atoms with Crippen molar-refractivity contribution in [3.05, 3.63) is 28.9 Å². The van der Waals surface area contributed by atoms with Gasteiger partial charge < -0.3 is 11.1 Å². The van der Waals surface area contributed by atoms with Gasteiger partial charge in [-0.3, -0.25) is 4.79 Å². The largest absolute Gasteiger partial charge is 0.405 e. The number of nitrogen functional groups attached to an aromatic ring is 1. The summed E-state index contributed by atoms with van der Waals surface area (Å²) in [6, 6.07) is 3.75. The molecule has 0 fully saturated rings. The van der Waals surface area contributed by atoms with Crippen LogP contribution in [0.2, 0.25) is 0 Å². The van der Waals surface area contributed by atoms with Gasteiger partial charge in [-0.15, -0.1) is 11.3 Å². The molecule has 2 aromatic rings. The Balaban J connectivity index is 2.30. The predicted octanol–water partition coefficient (Wildman–Crippen LogP) is 2.91. The van der Waals surface area contributed by atoms with Crippen LogP contribution in [0.5, 0.6) is 0 Å². The molecular formula is C11H8F4N2OS. The lowest BCUT2D eigenvalue weighted by Crippen LogP contribution is -2.33. The molecule has 0 atom stereocenters. The summed E-state index contributed by atoms with van der Waals surface area (Å²) in [7, 11) is 0. The highest BCUT2D eigenvalue weighted by Gasteiger charge is 2.28. The normalized spacial score (nSPS) is 11.8. The van der Waals surface area contributed by atoms with Crippen LogP contribution < -0.4 is 11.1 Å². The topological polar surface area (TPSA) is 55.1 Å². The minimum Gasteiger partial charge on any atom is -0.397 e. The Labute approximate surface area is 109 Å². The van der Waals surface area contributed by atoms with E-state index in [1.54, 1.807) is 5.32 Å². The minimum absolute atomic E-state index is 0.0147. The number of benzene rings is 1. The van der Waals surface area contributed by atoms with Crippen LogP contribution in [-0.4, -0.2) is 18.6 Å². The molecule has 2 rings (SSSR count). The van der Waals surface area contributed by atoms with Gasteiger partial charge >= 0.3 is 6.18 Å². The van der Waals surface area contributed by atoms with Gasteiger partial charge in [-0.05, 0) is 18.2 Å². The summed E-state index contributed by atoms with van der Waals surface area (Å²) in [6.07, 6.45) is -4.49. The van der Waals surface area contributed by atoms with Crippen molar-refractivity contribution in [3.63, 3.8) is 0 Å². The zero-order valence-corrected chi connectivity index (χ0v) is 10.2. The van der Waals surface area contributed by atoms with Crippen LogP contribution in [0.1, 0.15) is 9.67 Å². The second-order valence-electron chi connectivity index (χ2n) is 3.78. The Bertz CT molecular complexity index is 635. The van der Waals surface area contributed by atoms with Crippen LogP contribution in [0.25, 0.3) is 10.1 Å². The summed E-state index contributed by atoms with van der Waals surface area (Å²) in [5.74, 6) is -1.45. The molecule has 8 heteroatoms. The van der Waals surface area contributed by atoms with Crippen LogP contribution in [0.15, 0.2) is 18.2 Å². The summed E-state index contributed by atoms with van der Waals surface area (Å²) in [4.78, 5) is 11.5. The summed E-state index contributed by atoms with van der Waals surface area (Å²) >= 11 is 0.920. The van der Waals surface area contributed by atoms with E-state index in [4.69, 9.17) is 5.73 Å². The fraction of sp³-hybridized carbons (Fsp3) is 0.182. The zero-order valence-electron chi connectivity index (χ0n) is 9.34. The van der Waals surface area contributed by atoms with Gasteiger partial charge in [0.15, 0.2) is 0 Å². The van der Waals surface area contributed by atoms with Gasteiger partial charge in [-0.2, -0.15) is 13.2 Å². The van der Waals surface area contributed by atoms with E-state index >= 15 is 0 Å². The molecule has 0 saturated heterocycles. The zero-order chi connectivity index (χ0) is 14.2. The first-order valence-corrected chi connectivity index (χ1v) is 5.92. The van der Waals surface area contributed by atoms with E-state index in [0.29, 0.717) is 10.1 Å². The van der Waals surface area contributed by atoms with Crippen molar-refractivity contribution in [3.8, 4) is 0 Å². The van der Waals surface area contributed by atoms with Gasteiger partial charge in [-0.25, -0.2) is 4.39 Å². The van der Waals surface area contributed by atoms with Crippen LogP contribution in [0.4, 0.5) is 23.2 Å². The molecular weight excluding hydrogens is 284 g/mol. The van der Waals surface area contributed by atoms with E-state index in [0.717, 1.165) is 17.4 Å². The molecule has 0 aliphatic heterocycles. The number of hydrogen-bond acceptors (Lipinski definition) is 3. The minimum atomic E-state index is -4.49. The van der Waals surface area contributed by atoms with E-state index in [2.05, 4.69) is 0 Å². The van der Waals surface area contributed by atoms with Gasteiger partial charge in [0.25, 0.3) is 5.91 Å². The Morgan fingerprint density at radius 3 is 2.68 bits per heavy atom. The van der Waals surface area contributed by atoms with Gasteiger partial charge in [0.2, 0.25) is 0 Å². The summed E-state index contributed by atoms with van der Waals surface area (Å²) < 4.78 is 49.6. The SMILES string of the molecule is Nc1c(C(=O)NCC(F)(F)F)sc2ccc(F)cc12. The van der Waals surface area contributed by atoms with Gasteiger partial charge in [0.1, 0.15) is 17.2 Å². The quantitative estimate of drug-likeness (QED) is 0.836. The van der Waals surface area contributed by atoms with E-state index in [1.807, 2.05) is 0 Å². The first-order valence-electron chi connectivity index (χ1n) is 5.10. The van der Waals surface area contributed by atoms with Crippen molar-refractivity contribution in [1.82, 2.24) is 5.32 Å². The molecule has 0 bridgehead atoms. The highest BCUT2D eigenvalue weighted by Crippen LogP contribution is 2.34. The molecule has 1 aromatic carbocycles. The molecule has 0 unspecified atom stereocenters. The molecule has 1 aromatic heterocycles. The third kappa shape index (κ3) is 2.95. The van der Waals surface area contributed by atoms with Crippen molar-refractivity contribution in [2.75, 3.05) is 12.3 Å². The lowest BCUT2D eigenvalue weighted by Gasteiger charge is -2.07. The van der Waals surface area contributed by atoms with Gasteiger partial charge in [-0.1, -0.05) is 0 Å². The number of alkyl halides is 3. The summed E-state index contributed by atoms with van der Waals surface area (Å²) in [6.45, 7) is -1.44. The number of amides is 1. The van der Waals surface area contributed by atoms with Crippen LogP contribution >= 0.6 is 11.3 Å². The molecule has 102 valence electrons. The third-order valence-electron chi connectivity index (χ3n) is 2.34. The summed E-state index contributed by atoms with van der Waals surface area (Å²) in [5.41, 5.74) is 5.64. The average Bonchev–Trinajstić information content (AvgIpc) is 2.63. The lowest BCUT2D eigenvalue weighted by atomic mass is 10.2. The van der Waals surface area contributed by atoms with Crippen molar-refractivity contribution >= 4 is 33.0 Å². The Hall–Kier alpha value is -1.83. The molecule has 0 spiro atoms. The van der Waals surface area contributed by atoms with Crippen molar-refractivity contribution in [1.29, 1.82) is 0 Å². The van der Waals surface area contributed by atoms with E-state index in [-0.39, 0.29) is 10.6 Å². The Morgan fingerprint density at radius 2 is 2.05 bits per heavy atom. The second kappa shape index (κ2) is 4.69. The number of thiophene rings is 1. The predicted molar refractivity (Wildman–Crippen MR) is 64.6 cm³/mol. The Morgan fingerprint density at radius 1 is 1.37 bits per heavy atom. The van der Waals surface area contributed by atoms with E-state index in [1.165, 1.54) is 12.1 Å².